The highest BCUT2D eigenvalue weighted by Gasteiger charge is 2.38. The molecule has 48 heavy (non-hydrogen) atoms. The molecule has 4 aromatic carbocycles. The van der Waals surface area contributed by atoms with E-state index in [0.717, 1.165) is 33.6 Å². The molecule has 246 valence electrons. The predicted octanol–water partition coefficient (Wildman–Crippen LogP) is 6.47. The van der Waals surface area contributed by atoms with E-state index in [1.807, 2.05) is 18.2 Å². The highest BCUT2D eigenvalue weighted by atomic mass is 32.2. The summed E-state index contributed by atoms with van der Waals surface area (Å²) in [5, 5.41) is 19.6. The summed E-state index contributed by atoms with van der Waals surface area (Å²) >= 11 is 0. The number of nitro benzene ring substituents is 1. The van der Waals surface area contributed by atoms with Gasteiger partial charge in [-0.05, 0) is 85.3 Å². The zero-order chi connectivity index (χ0) is 34.0. The minimum Gasteiger partial charge on any atom is -0.497 e. The van der Waals surface area contributed by atoms with E-state index in [2.05, 4.69) is 58.3 Å². The van der Waals surface area contributed by atoms with Crippen LogP contribution in [0.5, 0.6) is 5.75 Å². The van der Waals surface area contributed by atoms with Crippen LogP contribution in [0.3, 0.4) is 0 Å². The van der Waals surface area contributed by atoms with Gasteiger partial charge in [0.05, 0.1) is 34.4 Å². The molecule has 1 aliphatic heterocycles. The lowest BCUT2D eigenvalue weighted by Crippen LogP contribution is -2.39. The first-order chi connectivity index (χ1) is 23.1. The number of rotatable bonds is 10. The summed E-state index contributed by atoms with van der Waals surface area (Å²) in [6, 6.07) is 26.4. The number of fused-ring (bicyclic) bond motifs is 3. The monoisotopic (exact) mass is 665 g/mol. The van der Waals surface area contributed by atoms with Crippen molar-refractivity contribution in [1.82, 2.24) is 5.43 Å². The normalized spacial score (nSPS) is 18.3. The molecule has 0 radical (unpaired) electrons. The average Bonchev–Trinajstić information content (AvgIpc) is 3.60. The zero-order valence-corrected chi connectivity index (χ0v) is 27.5. The number of amides is 1. The van der Waals surface area contributed by atoms with Gasteiger partial charge in [0.1, 0.15) is 12.3 Å². The van der Waals surface area contributed by atoms with Crippen LogP contribution in [0, 0.1) is 23.0 Å². The number of carbonyl (C=O) groups is 1. The van der Waals surface area contributed by atoms with E-state index in [0.29, 0.717) is 22.9 Å². The van der Waals surface area contributed by atoms with Crippen LogP contribution in [0.25, 0.3) is 0 Å². The Kier molecular flexibility index (Phi) is 9.01. The minimum atomic E-state index is -4.41. The molecule has 0 fully saturated rings. The number of nitrogens with one attached hydrogen (secondary N) is 2. The number of sulfonamides is 1. The second-order valence-corrected chi connectivity index (χ2v) is 13.7. The quantitative estimate of drug-likeness (QED) is 0.0855. The molecule has 1 aliphatic carbocycles. The first-order valence-corrected chi connectivity index (χ1v) is 16.9. The number of carbonyl (C=O) groups excluding carboxylic acids is 1. The van der Waals surface area contributed by atoms with Crippen molar-refractivity contribution in [2.24, 2.45) is 11.0 Å². The summed E-state index contributed by atoms with van der Waals surface area (Å²) in [4.78, 5) is 23.9. The van der Waals surface area contributed by atoms with Crippen molar-refractivity contribution in [3.8, 4) is 5.75 Å². The second-order valence-electron chi connectivity index (χ2n) is 11.8. The third-order valence-electron chi connectivity index (χ3n) is 8.90. The van der Waals surface area contributed by atoms with Gasteiger partial charge in [-0.3, -0.25) is 19.2 Å². The molecule has 2 aliphatic rings. The van der Waals surface area contributed by atoms with E-state index in [4.69, 9.17) is 4.74 Å². The highest BCUT2D eigenvalue weighted by molar-refractivity contribution is 7.92. The predicted molar refractivity (Wildman–Crippen MR) is 185 cm³/mol. The Balaban J connectivity index is 1.24. The summed E-state index contributed by atoms with van der Waals surface area (Å²) < 4.78 is 33.8. The zero-order valence-electron chi connectivity index (χ0n) is 26.7. The number of benzene rings is 4. The second kappa shape index (κ2) is 13.3. The van der Waals surface area contributed by atoms with Crippen molar-refractivity contribution in [2.75, 3.05) is 23.3 Å². The Morgan fingerprint density at radius 1 is 1.06 bits per heavy atom. The number of ether oxygens (including phenoxy) is 1. The smallest absolute Gasteiger partial charge is 0.273 e. The van der Waals surface area contributed by atoms with E-state index in [1.165, 1.54) is 43.9 Å². The summed E-state index contributed by atoms with van der Waals surface area (Å²) in [7, 11) is -2.93. The van der Waals surface area contributed by atoms with Crippen LogP contribution >= 0.6 is 0 Å². The number of nitro groups is 1. The number of hydrazone groups is 1. The molecule has 2 N–H and O–H groups in total. The molecule has 0 saturated heterocycles. The van der Waals surface area contributed by atoms with Gasteiger partial charge in [-0.2, -0.15) is 5.10 Å². The van der Waals surface area contributed by atoms with Crippen molar-refractivity contribution in [2.45, 2.75) is 37.1 Å². The summed E-state index contributed by atoms with van der Waals surface area (Å²) in [5.41, 5.74) is 7.46. The lowest BCUT2D eigenvalue weighted by Gasteiger charge is -2.37. The molecular formula is C36H35N5O6S. The van der Waals surface area contributed by atoms with E-state index in [-0.39, 0.29) is 28.2 Å². The first kappa shape index (κ1) is 32.5. The number of aryl methyl sites for hydroxylation is 1. The molecular weight excluding hydrogens is 630 g/mol. The van der Waals surface area contributed by atoms with Gasteiger partial charge in [0, 0.05) is 23.2 Å². The average molecular weight is 666 g/mol. The summed E-state index contributed by atoms with van der Waals surface area (Å²) in [6.07, 6.45) is 5.45. The van der Waals surface area contributed by atoms with Crippen molar-refractivity contribution in [3.63, 3.8) is 0 Å². The number of nitrogens with zero attached hydrogens (tertiary/aromatic N) is 3. The van der Waals surface area contributed by atoms with Crippen LogP contribution in [-0.4, -0.2) is 38.6 Å². The molecule has 1 heterocycles. The Morgan fingerprint density at radius 2 is 1.81 bits per heavy atom. The fourth-order valence-electron chi connectivity index (χ4n) is 6.32. The maximum Gasteiger partial charge on any atom is 0.273 e. The molecule has 0 bridgehead atoms. The molecule has 3 atom stereocenters. The lowest BCUT2D eigenvalue weighted by molar-refractivity contribution is -0.385. The van der Waals surface area contributed by atoms with Gasteiger partial charge < -0.3 is 10.1 Å². The van der Waals surface area contributed by atoms with E-state index < -0.39 is 27.4 Å². The highest BCUT2D eigenvalue weighted by Crippen LogP contribution is 2.50. The Labute approximate surface area is 279 Å². The van der Waals surface area contributed by atoms with Gasteiger partial charge in [0.15, 0.2) is 0 Å². The van der Waals surface area contributed by atoms with Crippen LogP contribution in [0.1, 0.15) is 47.6 Å². The molecule has 4 aromatic rings. The lowest BCUT2D eigenvalue weighted by atomic mass is 9.76. The van der Waals surface area contributed by atoms with Gasteiger partial charge >= 0.3 is 0 Å². The molecule has 1 amide bonds. The van der Waals surface area contributed by atoms with Crippen molar-refractivity contribution >= 4 is 38.7 Å². The Hall–Kier alpha value is -5.49. The molecule has 12 heteroatoms. The van der Waals surface area contributed by atoms with E-state index >= 15 is 0 Å². The van der Waals surface area contributed by atoms with Gasteiger partial charge in [0.2, 0.25) is 0 Å². The number of anilines is 2. The maximum atomic E-state index is 13.9. The van der Waals surface area contributed by atoms with Crippen LogP contribution in [0.4, 0.5) is 17.1 Å². The standard InChI is InChI=1S/C36H35N5O6S/c1-23-12-18-29(21-34(23)41(43)44)48(45,46)40(27-14-16-28(47-3)17-15-27)22-35(42)39-38-24(2)26-13-19-33-32(20-26)30-10-7-11-31(30)36(37-33)25-8-5-4-6-9-25/h4-10,12-21,30-31,36-37H,11,22H2,1-3H3,(H,39,42)/b38-24-/t30-,31+,36+/m1/s1. The molecule has 0 spiro atoms. The topological polar surface area (TPSA) is 143 Å². The van der Waals surface area contributed by atoms with Gasteiger partial charge in [-0.1, -0.05) is 54.6 Å². The number of methoxy groups -OCH3 is 1. The molecule has 0 saturated carbocycles. The summed E-state index contributed by atoms with van der Waals surface area (Å²) in [6.45, 7) is 2.67. The molecule has 0 aromatic heterocycles. The van der Waals surface area contributed by atoms with Gasteiger partial charge in [-0.25, -0.2) is 13.8 Å². The molecule has 11 nitrogen and oxygen atoms in total. The number of allylic oxidation sites excluding steroid dienone is 2. The third-order valence-corrected chi connectivity index (χ3v) is 10.7. The van der Waals surface area contributed by atoms with Crippen LogP contribution in [0.2, 0.25) is 0 Å². The van der Waals surface area contributed by atoms with Crippen molar-refractivity contribution in [3.05, 3.63) is 136 Å². The Morgan fingerprint density at radius 3 is 2.52 bits per heavy atom. The first-order valence-electron chi connectivity index (χ1n) is 15.4. The maximum absolute atomic E-state index is 13.9. The summed E-state index contributed by atoms with van der Waals surface area (Å²) in [5.74, 6) is 0.393. The van der Waals surface area contributed by atoms with E-state index in [9.17, 15) is 23.3 Å². The molecule has 6 rings (SSSR count). The van der Waals surface area contributed by atoms with Crippen LogP contribution in [0.15, 0.2) is 113 Å². The van der Waals surface area contributed by atoms with Crippen LogP contribution in [-0.2, 0) is 14.8 Å². The van der Waals surface area contributed by atoms with Crippen molar-refractivity contribution < 1.29 is 22.9 Å². The third kappa shape index (κ3) is 6.39. The molecule has 0 unspecified atom stereocenters. The SMILES string of the molecule is COc1ccc(N(CC(=O)N/N=C(/C)c2ccc3c(c2)[C@@H]2C=CC[C@@H]2[C@H](c2ccccc2)N3)S(=O)(=O)c2ccc(C)c([N+](=O)[O-])c2)cc1. The Bertz CT molecular complexity index is 2030. The van der Waals surface area contributed by atoms with Gasteiger partial charge in [-0.15, -0.1) is 0 Å². The van der Waals surface area contributed by atoms with E-state index in [1.54, 1.807) is 19.1 Å². The van der Waals surface area contributed by atoms with Gasteiger partial charge in [0.25, 0.3) is 21.6 Å². The fourth-order valence-corrected chi connectivity index (χ4v) is 7.77. The largest absolute Gasteiger partial charge is 0.497 e. The van der Waals surface area contributed by atoms with Crippen molar-refractivity contribution in [1.29, 1.82) is 0 Å². The number of hydrogen-bond acceptors (Lipinski definition) is 8. The number of hydrogen-bond donors (Lipinski definition) is 2. The minimum absolute atomic E-state index is 0.171. The van der Waals surface area contributed by atoms with Crippen LogP contribution < -0.4 is 19.8 Å². The fraction of sp³-hybridized carbons (Fsp3) is 0.222.